The molecule has 1 saturated carbocycles. The maximum absolute atomic E-state index is 11.5. The lowest BCUT2D eigenvalue weighted by atomic mass is 9.77. The fourth-order valence-electron chi connectivity index (χ4n) is 4.33. The van der Waals surface area contributed by atoms with E-state index in [-0.39, 0.29) is 11.4 Å². The van der Waals surface area contributed by atoms with Gasteiger partial charge in [-0.25, -0.2) is 0 Å². The summed E-state index contributed by atoms with van der Waals surface area (Å²) in [6.07, 6.45) is 3.01. The van der Waals surface area contributed by atoms with Gasteiger partial charge in [0.1, 0.15) is 0 Å². The molecule has 29 heavy (non-hydrogen) atoms. The molecule has 0 atom stereocenters. The molecular weight excluding hydrogens is 358 g/mol. The second-order valence-corrected chi connectivity index (χ2v) is 9.04. The van der Waals surface area contributed by atoms with Crippen molar-refractivity contribution in [1.82, 2.24) is 4.90 Å². The second-order valence-electron chi connectivity index (χ2n) is 9.04. The van der Waals surface area contributed by atoms with E-state index in [1.165, 1.54) is 31.1 Å². The number of nitrogens with zero attached hydrogens (tertiary/aromatic N) is 1. The highest BCUT2D eigenvalue weighted by Gasteiger charge is 2.38. The quantitative estimate of drug-likeness (QED) is 0.579. The molecule has 1 aliphatic carbocycles. The number of esters is 1. The summed E-state index contributed by atoms with van der Waals surface area (Å²) in [7, 11) is 1.42. The van der Waals surface area contributed by atoms with Crippen LogP contribution in [0.5, 0.6) is 0 Å². The number of hydrogen-bond acceptors (Lipinski definition) is 3. The van der Waals surface area contributed by atoms with Gasteiger partial charge in [0.05, 0.1) is 13.5 Å². The lowest BCUT2D eigenvalue weighted by molar-refractivity contribution is -0.139. The van der Waals surface area contributed by atoms with E-state index in [2.05, 4.69) is 48.8 Å². The molecule has 0 radical (unpaired) electrons. The Kier molecular flexibility index (Phi) is 5.23. The van der Waals surface area contributed by atoms with E-state index < -0.39 is 0 Å². The Morgan fingerprint density at radius 2 is 1.83 bits per heavy atom. The van der Waals surface area contributed by atoms with Gasteiger partial charge in [-0.05, 0) is 66.3 Å². The minimum absolute atomic E-state index is 0.153. The number of ether oxygens (including phenoxy) is 1. The fourth-order valence-corrected chi connectivity index (χ4v) is 4.33. The zero-order valence-electron chi connectivity index (χ0n) is 17.8. The smallest absolute Gasteiger partial charge is 0.309 e. The SMILES string of the molecule is COC(=O)Cc1ccc(C#Cc2ccc3c(c2)C(C)(C)CN(C2CC2)C3)cc1C. The van der Waals surface area contributed by atoms with Gasteiger partial charge in [-0.2, -0.15) is 0 Å². The standard InChI is InChI=1S/C26H29NO2/c1-18-13-19(7-9-21(18)15-25(28)29-4)5-6-20-8-10-22-16-27(23-11-12-23)17-26(2,3)24(22)14-20/h7-10,13-14,23H,11-12,15-17H2,1-4H3. The number of hydrogen-bond donors (Lipinski definition) is 0. The molecule has 0 saturated heterocycles. The predicted molar refractivity (Wildman–Crippen MR) is 116 cm³/mol. The first-order chi connectivity index (χ1) is 13.9. The Bertz CT molecular complexity index is 1010. The van der Waals surface area contributed by atoms with E-state index in [1.54, 1.807) is 0 Å². The zero-order valence-corrected chi connectivity index (χ0v) is 17.8. The largest absolute Gasteiger partial charge is 0.469 e. The molecule has 1 heterocycles. The molecule has 0 bridgehead atoms. The van der Waals surface area contributed by atoms with Gasteiger partial charge in [0.2, 0.25) is 0 Å². The molecule has 1 fully saturated rings. The third-order valence-electron chi connectivity index (χ3n) is 6.13. The molecule has 0 aromatic heterocycles. The lowest BCUT2D eigenvalue weighted by Gasteiger charge is -2.40. The first kappa shape index (κ1) is 19.7. The number of benzene rings is 2. The predicted octanol–water partition coefficient (Wildman–Crippen LogP) is 4.37. The third-order valence-corrected chi connectivity index (χ3v) is 6.13. The van der Waals surface area contributed by atoms with Gasteiger partial charge in [-0.15, -0.1) is 0 Å². The van der Waals surface area contributed by atoms with Crippen LogP contribution in [0.2, 0.25) is 0 Å². The number of carbonyl (C=O) groups is 1. The van der Waals surface area contributed by atoms with Crippen molar-refractivity contribution in [3.8, 4) is 11.8 Å². The Morgan fingerprint density at radius 1 is 1.14 bits per heavy atom. The maximum Gasteiger partial charge on any atom is 0.309 e. The van der Waals surface area contributed by atoms with E-state index in [0.717, 1.165) is 41.4 Å². The molecule has 150 valence electrons. The molecular formula is C26H29NO2. The van der Waals surface area contributed by atoms with E-state index in [4.69, 9.17) is 4.74 Å². The number of carbonyl (C=O) groups excluding carboxylic acids is 1. The Hall–Kier alpha value is -2.57. The minimum Gasteiger partial charge on any atom is -0.469 e. The van der Waals surface area contributed by atoms with Gasteiger partial charge in [-0.1, -0.05) is 37.8 Å². The van der Waals surface area contributed by atoms with Crippen molar-refractivity contribution in [3.05, 3.63) is 69.8 Å². The van der Waals surface area contributed by atoms with Crippen molar-refractivity contribution >= 4 is 5.97 Å². The van der Waals surface area contributed by atoms with Crippen molar-refractivity contribution in [2.75, 3.05) is 13.7 Å². The van der Waals surface area contributed by atoms with Crippen LogP contribution in [0.25, 0.3) is 0 Å². The summed E-state index contributed by atoms with van der Waals surface area (Å²) < 4.78 is 4.76. The average Bonchev–Trinajstić information content (AvgIpc) is 3.53. The van der Waals surface area contributed by atoms with Gasteiger partial charge in [0.25, 0.3) is 0 Å². The lowest BCUT2D eigenvalue weighted by Crippen LogP contribution is -2.43. The van der Waals surface area contributed by atoms with Gasteiger partial charge >= 0.3 is 5.97 Å². The summed E-state index contributed by atoms with van der Waals surface area (Å²) in [6.45, 7) is 8.90. The van der Waals surface area contributed by atoms with Crippen LogP contribution in [0.3, 0.4) is 0 Å². The van der Waals surface area contributed by atoms with Crippen molar-refractivity contribution in [2.45, 2.75) is 58.0 Å². The van der Waals surface area contributed by atoms with Crippen LogP contribution in [0.4, 0.5) is 0 Å². The molecule has 0 N–H and O–H groups in total. The minimum atomic E-state index is -0.219. The first-order valence-electron chi connectivity index (χ1n) is 10.4. The van der Waals surface area contributed by atoms with Crippen LogP contribution in [-0.2, 0) is 27.9 Å². The van der Waals surface area contributed by atoms with E-state index in [0.29, 0.717) is 6.42 Å². The summed E-state index contributed by atoms with van der Waals surface area (Å²) >= 11 is 0. The molecule has 2 aromatic rings. The van der Waals surface area contributed by atoms with E-state index >= 15 is 0 Å². The van der Waals surface area contributed by atoms with Crippen molar-refractivity contribution in [3.63, 3.8) is 0 Å². The topological polar surface area (TPSA) is 29.5 Å². The summed E-state index contributed by atoms with van der Waals surface area (Å²) in [5.41, 5.74) is 7.11. The molecule has 0 unspecified atom stereocenters. The van der Waals surface area contributed by atoms with E-state index in [9.17, 15) is 4.79 Å². The number of aryl methyl sites for hydroxylation is 1. The summed E-state index contributed by atoms with van der Waals surface area (Å²) in [4.78, 5) is 14.2. The molecule has 0 amide bonds. The highest BCUT2D eigenvalue weighted by atomic mass is 16.5. The number of rotatable bonds is 3. The molecule has 1 aliphatic heterocycles. The highest BCUT2D eigenvalue weighted by molar-refractivity contribution is 5.73. The van der Waals surface area contributed by atoms with Crippen LogP contribution in [-0.4, -0.2) is 30.6 Å². The van der Waals surface area contributed by atoms with E-state index in [1.807, 2.05) is 25.1 Å². The Morgan fingerprint density at radius 3 is 2.48 bits per heavy atom. The van der Waals surface area contributed by atoms with Crippen LogP contribution >= 0.6 is 0 Å². The third kappa shape index (κ3) is 4.38. The monoisotopic (exact) mass is 387 g/mol. The van der Waals surface area contributed by atoms with Gasteiger partial charge in [0.15, 0.2) is 0 Å². The van der Waals surface area contributed by atoms with Gasteiger partial charge in [0, 0.05) is 35.7 Å². The van der Waals surface area contributed by atoms with Crippen LogP contribution in [0, 0.1) is 18.8 Å². The maximum atomic E-state index is 11.5. The Balaban J connectivity index is 1.55. The highest BCUT2D eigenvalue weighted by Crippen LogP contribution is 2.39. The van der Waals surface area contributed by atoms with Crippen LogP contribution in [0.1, 0.15) is 60.1 Å². The normalized spacial score (nSPS) is 17.8. The van der Waals surface area contributed by atoms with Crippen molar-refractivity contribution in [1.29, 1.82) is 0 Å². The Labute approximate surface area is 174 Å². The summed E-state index contributed by atoms with van der Waals surface area (Å²) in [5.74, 6) is 6.41. The van der Waals surface area contributed by atoms with Gasteiger partial charge < -0.3 is 4.74 Å². The molecule has 2 aliphatic rings. The van der Waals surface area contributed by atoms with Crippen LogP contribution < -0.4 is 0 Å². The van der Waals surface area contributed by atoms with Crippen LogP contribution in [0.15, 0.2) is 36.4 Å². The second kappa shape index (κ2) is 7.69. The molecule has 2 aromatic carbocycles. The van der Waals surface area contributed by atoms with Crippen molar-refractivity contribution < 1.29 is 9.53 Å². The number of fused-ring (bicyclic) bond motifs is 1. The first-order valence-corrected chi connectivity index (χ1v) is 10.4. The molecule has 3 nitrogen and oxygen atoms in total. The number of methoxy groups -OCH3 is 1. The molecule has 0 spiro atoms. The average molecular weight is 388 g/mol. The summed E-state index contributed by atoms with van der Waals surface area (Å²) in [5, 5.41) is 0. The summed E-state index contributed by atoms with van der Waals surface area (Å²) in [6, 6.07) is 13.5. The molecule has 3 heteroatoms. The zero-order chi connectivity index (χ0) is 20.6. The fraction of sp³-hybridized carbons (Fsp3) is 0.423. The molecule has 4 rings (SSSR count). The van der Waals surface area contributed by atoms with Crippen molar-refractivity contribution in [2.24, 2.45) is 0 Å². The van der Waals surface area contributed by atoms with Gasteiger partial charge in [-0.3, -0.25) is 9.69 Å².